The maximum Gasteiger partial charge on any atom is 0.276 e. The van der Waals surface area contributed by atoms with Crippen molar-refractivity contribution in [2.75, 3.05) is 12.4 Å². The number of ether oxygens (including phenoxy) is 1. The molecule has 5 nitrogen and oxygen atoms in total. The molecule has 8 heteroatoms. The lowest BCUT2D eigenvalue weighted by atomic mass is 10.3. The minimum Gasteiger partial charge on any atom is -0.484 e. The minimum atomic E-state index is -0.519. The van der Waals surface area contributed by atoms with E-state index in [-0.39, 0.29) is 12.4 Å². The molecule has 0 heterocycles. The van der Waals surface area contributed by atoms with Gasteiger partial charge in [-0.05, 0) is 36.4 Å². The number of carbonyl (C=O) groups excluding carboxylic acids is 2. The van der Waals surface area contributed by atoms with Crippen LogP contribution in [0.2, 0.25) is 5.02 Å². The van der Waals surface area contributed by atoms with Crippen LogP contribution in [0.15, 0.2) is 53.4 Å². The standard InChI is InChI=1S/C16H14ClFN2O3S/c17-11-5-7-12(8-6-11)23-9-15(21)19-20-16(22)10-24-14-4-2-1-3-13(14)18/h1-8H,9-10H2,(H,19,21)(H,20,22). The summed E-state index contributed by atoms with van der Waals surface area (Å²) in [5, 5.41) is 0.561. The summed E-state index contributed by atoms with van der Waals surface area (Å²) >= 11 is 6.77. The van der Waals surface area contributed by atoms with E-state index in [2.05, 4.69) is 10.9 Å². The van der Waals surface area contributed by atoms with E-state index < -0.39 is 17.6 Å². The predicted molar refractivity (Wildman–Crippen MR) is 90.4 cm³/mol. The van der Waals surface area contributed by atoms with E-state index in [9.17, 15) is 14.0 Å². The van der Waals surface area contributed by atoms with E-state index in [4.69, 9.17) is 16.3 Å². The first kappa shape index (κ1) is 18.1. The molecule has 0 aliphatic carbocycles. The van der Waals surface area contributed by atoms with Crippen molar-refractivity contribution in [2.24, 2.45) is 0 Å². The van der Waals surface area contributed by atoms with Crippen LogP contribution in [0.1, 0.15) is 0 Å². The van der Waals surface area contributed by atoms with E-state index in [1.54, 1.807) is 42.5 Å². The van der Waals surface area contributed by atoms with Crippen LogP contribution in [0.3, 0.4) is 0 Å². The summed E-state index contributed by atoms with van der Waals surface area (Å²) in [6, 6.07) is 12.7. The van der Waals surface area contributed by atoms with Crippen LogP contribution in [0, 0.1) is 5.82 Å². The zero-order valence-corrected chi connectivity index (χ0v) is 14.0. The summed E-state index contributed by atoms with van der Waals surface area (Å²) < 4.78 is 18.6. The molecule has 2 amide bonds. The number of halogens is 2. The topological polar surface area (TPSA) is 67.4 Å². The molecule has 0 aliphatic rings. The van der Waals surface area contributed by atoms with Gasteiger partial charge >= 0.3 is 0 Å². The highest BCUT2D eigenvalue weighted by Gasteiger charge is 2.08. The lowest BCUT2D eigenvalue weighted by Gasteiger charge is -2.09. The highest BCUT2D eigenvalue weighted by Crippen LogP contribution is 2.20. The molecule has 0 radical (unpaired) electrons. The first-order valence-electron chi connectivity index (χ1n) is 6.88. The number of nitrogens with one attached hydrogen (secondary N) is 2. The average Bonchev–Trinajstić information content (AvgIpc) is 2.58. The third-order valence-corrected chi connectivity index (χ3v) is 4.02. The Kier molecular flexibility index (Phi) is 6.89. The number of hydrogen-bond acceptors (Lipinski definition) is 4. The minimum absolute atomic E-state index is 0.0285. The van der Waals surface area contributed by atoms with Gasteiger partial charge in [-0.3, -0.25) is 20.4 Å². The number of carbonyl (C=O) groups is 2. The second-order valence-corrected chi connectivity index (χ2v) is 6.01. The van der Waals surface area contributed by atoms with E-state index >= 15 is 0 Å². The fourth-order valence-electron chi connectivity index (χ4n) is 1.60. The van der Waals surface area contributed by atoms with Gasteiger partial charge in [-0.1, -0.05) is 23.7 Å². The molecule has 0 aliphatic heterocycles. The summed E-state index contributed by atoms with van der Waals surface area (Å²) in [6.07, 6.45) is 0. The molecular formula is C16H14ClFN2O3S. The van der Waals surface area contributed by atoms with Crippen molar-refractivity contribution in [3.05, 3.63) is 59.4 Å². The van der Waals surface area contributed by atoms with Crippen molar-refractivity contribution in [3.63, 3.8) is 0 Å². The van der Waals surface area contributed by atoms with E-state index in [0.29, 0.717) is 15.7 Å². The molecular weight excluding hydrogens is 355 g/mol. The summed E-state index contributed by atoms with van der Waals surface area (Å²) in [4.78, 5) is 23.6. The van der Waals surface area contributed by atoms with E-state index in [1.807, 2.05) is 0 Å². The maximum atomic E-state index is 13.4. The summed E-state index contributed by atoms with van der Waals surface area (Å²) in [5.74, 6) is -0.914. The first-order chi connectivity index (χ1) is 11.5. The van der Waals surface area contributed by atoms with E-state index in [1.165, 1.54) is 6.07 Å². The van der Waals surface area contributed by atoms with Gasteiger partial charge in [0.1, 0.15) is 11.6 Å². The molecule has 0 bridgehead atoms. The third kappa shape index (κ3) is 6.10. The Morgan fingerprint density at radius 1 is 1.04 bits per heavy atom. The highest BCUT2D eigenvalue weighted by atomic mass is 35.5. The molecule has 2 N–H and O–H groups in total. The molecule has 0 unspecified atom stereocenters. The number of thioether (sulfide) groups is 1. The van der Waals surface area contributed by atoms with Crippen molar-refractivity contribution < 1.29 is 18.7 Å². The van der Waals surface area contributed by atoms with E-state index in [0.717, 1.165) is 11.8 Å². The van der Waals surface area contributed by atoms with Gasteiger partial charge < -0.3 is 4.74 Å². The maximum absolute atomic E-state index is 13.4. The zero-order valence-electron chi connectivity index (χ0n) is 12.4. The van der Waals surface area contributed by atoms with Gasteiger partial charge in [0.15, 0.2) is 6.61 Å². The van der Waals surface area contributed by atoms with Crippen LogP contribution >= 0.6 is 23.4 Å². The highest BCUT2D eigenvalue weighted by molar-refractivity contribution is 8.00. The average molecular weight is 369 g/mol. The van der Waals surface area contributed by atoms with Gasteiger partial charge in [0.2, 0.25) is 5.91 Å². The van der Waals surface area contributed by atoms with Gasteiger partial charge in [-0.25, -0.2) is 4.39 Å². The Balaban J connectivity index is 1.66. The van der Waals surface area contributed by atoms with Crippen LogP contribution in [-0.2, 0) is 9.59 Å². The fraction of sp³-hybridized carbons (Fsp3) is 0.125. The molecule has 24 heavy (non-hydrogen) atoms. The predicted octanol–water partition coefficient (Wildman–Crippen LogP) is 2.80. The quantitative estimate of drug-likeness (QED) is 0.607. The Bertz CT molecular complexity index is 713. The number of hydrogen-bond donors (Lipinski definition) is 2. The summed E-state index contributed by atoms with van der Waals surface area (Å²) in [6.45, 7) is -0.262. The fourth-order valence-corrected chi connectivity index (χ4v) is 2.46. The lowest BCUT2D eigenvalue weighted by molar-refractivity contribution is -0.128. The Labute approximate surface area is 147 Å². The van der Waals surface area contributed by atoms with Crippen LogP contribution < -0.4 is 15.6 Å². The van der Waals surface area contributed by atoms with Crippen molar-refractivity contribution >= 4 is 35.2 Å². The molecule has 2 aromatic rings. The third-order valence-electron chi connectivity index (χ3n) is 2.72. The molecule has 126 valence electrons. The SMILES string of the molecule is O=C(COc1ccc(Cl)cc1)NNC(=O)CSc1ccccc1F. The lowest BCUT2D eigenvalue weighted by Crippen LogP contribution is -2.44. The van der Waals surface area contributed by atoms with Gasteiger partial charge in [0.25, 0.3) is 5.91 Å². The smallest absolute Gasteiger partial charge is 0.276 e. The zero-order chi connectivity index (χ0) is 17.4. The largest absolute Gasteiger partial charge is 0.484 e. The second kappa shape index (κ2) is 9.14. The van der Waals surface area contributed by atoms with Crippen molar-refractivity contribution in [1.82, 2.24) is 10.9 Å². The number of hydrazine groups is 1. The Hall–Kier alpha value is -2.25. The summed E-state index contributed by atoms with van der Waals surface area (Å²) in [7, 11) is 0. The molecule has 0 spiro atoms. The molecule has 2 aromatic carbocycles. The molecule has 0 saturated carbocycles. The normalized spacial score (nSPS) is 10.1. The van der Waals surface area contributed by atoms with Crippen molar-refractivity contribution in [3.8, 4) is 5.75 Å². The number of amides is 2. The molecule has 0 atom stereocenters. The summed E-state index contributed by atoms with van der Waals surface area (Å²) in [5.41, 5.74) is 4.45. The monoisotopic (exact) mass is 368 g/mol. The Morgan fingerprint density at radius 2 is 1.71 bits per heavy atom. The van der Waals surface area contributed by atoms with Crippen LogP contribution in [-0.4, -0.2) is 24.2 Å². The number of benzene rings is 2. The van der Waals surface area contributed by atoms with Gasteiger partial charge in [0, 0.05) is 9.92 Å². The molecule has 0 aromatic heterocycles. The first-order valence-corrected chi connectivity index (χ1v) is 8.24. The molecule has 0 fully saturated rings. The van der Waals surface area contributed by atoms with Crippen LogP contribution in [0.5, 0.6) is 5.75 Å². The number of rotatable bonds is 6. The second-order valence-electron chi connectivity index (χ2n) is 4.56. The van der Waals surface area contributed by atoms with Gasteiger partial charge in [-0.15, -0.1) is 11.8 Å². The van der Waals surface area contributed by atoms with Gasteiger partial charge in [0.05, 0.1) is 5.75 Å². The molecule has 2 rings (SSSR count). The molecule has 0 saturated heterocycles. The van der Waals surface area contributed by atoms with Crippen molar-refractivity contribution in [2.45, 2.75) is 4.90 Å². The van der Waals surface area contributed by atoms with Crippen molar-refractivity contribution in [1.29, 1.82) is 0 Å². The van der Waals surface area contributed by atoms with Gasteiger partial charge in [-0.2, -0.15) is 0 Å². The van der Waals surface area contributed by atoms with Crippen LogP contribution in [0.25, 0.3) is 0 Å². The Morgan fingerprint density at radius 3 is 2.42 bits per heavy atom. The van der Waals surface area contributed by atoms with Crippen LogP contribution in [0.4, 0.5) is 4.39 Å².